The number of methoxy groups -OCH3 is 1. The molecule has 1 aromatic carbocycles. The van der Waals surface area contributed by atoms with Crippen LogP contribution in [0.3, 0.4) is 0 Å². The van der Waals surface area contributed by atoms with Crippen LogP contribution in [0.1, 0.15) is 22.6 Å². The number of likely N-dealkylation sites (tertiary alicyclic amines) is 1. The zero-order chi connectivity index (χ0) is 18.6. The van der Waals surface area contributed by atoms with Crippen molar-refractivity contribution in [2.75, 3.05) is 51.3 Å². The number of hydrogen-bond acceptors (Lipinski definition) is 5. The molecule has 0 aliphatic carbocycles. The minimum atomic E-state index is 0.720. The van der Waals surface area contributed by atoms with E-state index in [4.69, 9.17) is 4.74 Å². The molecule has 0 saturated carbocycles. The average molecular weight is 386 g/mol. The van der Waals surface area contributed by atoms with Crippen molar-refractivity contribution in [1.82, 2.24) is 9.80 Å². The summed E-state index contributed by atoms with van der Waals surface area (Å²) in [6, 6.07) is 13.8. The summed E-state index contributed by atoms with van der Waals surface area (Å²) < 4.78 is 5.28. The Morgan fingerprint density at radius 1 is 1.00 bits per heavy atom. The number of rotatable bonds is 5. The van der Waals surface area contributed by atoms with E-state index in [-0.39, 0.29) is 0 Å². The predicted molar refractivity (Wildman–Crippen MR) is 114 cm³/mol. The van der Waals surface area contributed by atoms with Gasteiger partial charge in [0.25, 0.3) is 0 Å². The zero-order valence-corrected chi connectivity index (χ0v) is 17.4. The first-order valence-electron chi connectivity index (χ1n) is 10.1. The van der Waals surface area contributed by atoms with E-state index in [9.17, 15) is 0 Å². The molecule has 1 atom stereocenters. The van der Waals surface area contributed by atoms with Crippen molar-refractivity contribution in [3.8, 4) is 5.75 Å². The largest absolute Gasteiger partial charge is 0.497 e. The van der Waals surface area contributed by atoms with E-state index < -0.39 is 0 Å². The van der Waals surface area contributed by atoms with Crippen molar-refractivity contribution >= 4 is 17.0 Å². The molecular weight excluding hydrogens is 354 g/mol. The molecule has 4 nitrogen and oxygen atoms in total. The van der Waals surface area contributed by atoms with Crippen LogP contribution < -0.4 is 9.64 Å². The zero-order valence-electron chi connectivity index (χ0n) is 16.6. The normalized spacial score (nSPS) is 22.1. The quantitative estimate of drug-likeness (QED) is 0.778. The SMILES string of the molecule is COc1ccc(N2CCN([C@H]3CCCN(Cc4ccc(C)s4)C3)CC2)cc1. The first-order valence-corrected chi connectivity index (χ1v) is 10.9. The Labute approximate surface area is 167 Å². The molecule has 0 radical (unpaired) electrons. The van der Waals surface area contributed by atoms with Gasteiger partial charge in [0.15, 0.2) is 0 Å². The van der Waals surface area contributed by atoms with Crippen LogP contribution in [0.15, 0.2) is 36.4 Å². The van der Waals surface area contributed by atoms with Gasteiger partial charge in [-0.3, -0.25) is 9.80 Å². The predicted octanol–water partition coefficient (Wildman–Crippen LogP) is 3.85. The van der Waals surface area contributed by atoms with Crippen LogP contribution in [0.25, 0.3) is 0 Å². The summed E-state index contributed by atoms with van der Waals surface area (Å²) in [5, 5.41) is 0. The van der Waals surface area contributed by atoms with Gasteiger partial charge in [0.2, 0.25) is 0 Å². The lowest BCUT2D eigenvalue weighted by Crippen LogP contribution is -2.55. The van der Waals surface area contributed by atoms with E-state index in [0.29, 0.717) is 0 Å². The fraction of sp³-hybridized carbons (Fsp3) is 0.545. The number of hydrogen-bond donors (Lipinski definition) is 0. The summed E-state index contributed by atoms with van der Waals surface area (Å²) in [7, 11) is 1.72. The second kappa shape index (κ2) is 8.63. The monoisotopic (exact) mass is 385 g/mol. The maximum Gasteiger partial charge on any atom is 0.119 e. The van der Waals surface area contributed by atoms with E-state index in [1.807, 2.05) is 11.3 Å². The lowest BCUT2D eigenvalue weighted by atomic mass is 10.0. The third kappa shape index (κ3) is 4.65. The van der Waals surface area contributed by atoms with Gasteiger partial charge in [0.05, 0.1) is 7.11 Å². The number of thiophene rings is 1. The molecule has 5 heteroatoms. The minimum Gasteiger partial charge on any atom is -0.497 e. The molecule has 2 aromatic rings. The fourth-order valence-corrected chi connectivity index (χ4v) is 5.33. The smallest absolute Gasteiger partial charge is 0.119 e. The molecule has 2 fully saturated rings. The van der Waals surface area contributed by atoms with E-state index >= 15 is 0 Å². The highest BCUT2D eigenvalue weighted by molar-refractivity contribution is 7.11. The Balaban J connectivity index is 1.29. The highest BCUT2D eigenvalue weighted by Gasteiger charge is 2.28. The van der Waals surface area contributed by atoms with Gasteiger partial charge in [-0.15, -0.1) is 11.3 Å². The van der Waals surface area contributed by atoms with Gasteiger partial charge in [0.1, 0.15) is 5.75 Å². The number of piperazine rings is 1. The van der Waals surface area contributed by atoms with Gasteiger partial charge >= 0.3 is 0 Å². The van der Waals surface area contributed by atoms with Crippen LogP contribution in [-0.2, 0) is 6.54 Å². The Bertz CT molecular complexity index is 721. The number of ether oxygens (including phenoxy) is 1. The Hall–Kier alpha value is -1.56. The summed E-state index contributed by atoms with van der Waals surface area (Å²) in [6.45, 7) is 10.4. The van der Waals surface area contributed by atoms with E-state index in [0.717, 1.165) is 31.4 Å². The highest BCUT2D eigenvalue weighted by Crippen LogP contribution is 2.24. The van der Waals surface area contributed by atoms with Gasteiger partial charge in [-0.1, -0.05) is 0 Å². The van der Waals surface area contributed by atoms with Crippen LogP contribution in [0, 0.1) is 6.92 Å². The minimum absolute atomic E-state index is 0.720. The molecule has 146 valence electrons. The summed E-state index contributed by atoms with van der Waals surface area (Å²) in [4.78, 5) is 10.8. The molecule has 4 rings (SSSR count). The van der Waals surface area contributed by atoms with Gasteiger partial charge in [-0.25, -0.2) is 0 Å². The fourth-order valence-electron chi connectivity index (χ4n) is 4.40. The van der Waals surface area contributed by atoms with Gasteiger partial charge < -0.3 is 9.64 Å². The first-order chi connectivity index (χ1) is 13.2. The van der Waals surface area contributed by atoms with Gasteiger partial charge in [-0.2, -0.15) is 0 Å². The second-order valence-electron chi connectivity index (χ2n) is 7.76. The molecule has 27 heavy (non-hydrogen) atoms. The number of anilines is 1. The molecule has 0 spiro atoms. The standard InChI is InChI=1S/C22H31N3OS/c1-18-5-10-22(27-18)17-23-11-3-4-20(16-23)25-14-12-24(13-15-25)19-6-8-21(26-2)9-7-19/h5-10,20H,3-4,11-17H2,1-2H3/t20-/m0/s1. The van der Waals surface area contributed by atoms with Crippen molar-refractivity contribution < 1.29 is 4.74 Å². The molecule has 2 aliphatic rings. The molecular formula is C22H31N3OS. The van der Waals surface area contributed by atoms with Crippen LogP contribution in [0.4, 0.5) is 5.69 Å². The summed E-state index contributed by atoms with van der Waals surface area (Å²) in [5.41, 5.74) is 1.31. The molecule has 2 saturated heterocycles. The van der Waals surface area contributed by atoms with Crippen molar-refractivity contribution in [1.29, 1.82) is 0 Å². The van der Waals surface area contributed by atoms with Crippen molar-refractivity contribution in [2.24, 2.45) is 0 Å². The van der Waals surface area contributed by atoms with Crippen LogP contribution in [0.2, 0.25) is 0 Å². The summed E-state index contributed by atoms with van der Waals surface area (Å²) in [6.07, 6.45) is 2.68. The number of aryl methyl sites for hydroxylation is 1. The third-order valence-electron chi connectivity index (χ3n) is 5.92. The Morgan fingerprint density at radius 2 is 1.78 bits per heavy atom. The average Bonchev–Trinajstić information content (AvgIpc) is 3.13. The molecule has 3 heterocycles. The van der Waals surface area contributed by atoms with E-state index in [1.54, 1.807) is 7.11 Å². The molecule has 0 unspecified atom stereocenters. The summed E-state index contributed by atoms with van der Waals surface area (Å²) >= 11 is 1.95. The van der Waals surface area contributed by atoms with Crippen molar-refractivity contribution in [3.05, 3.63) is 46.2 Å². The Kier molecular flexibility index (Phi) is 6.01. The van der Waals surface area contributed by atoms with Gasteiger partial charge in [-0.05, 0) is 62.7 Å². The summed E-state index contributed by atoms with van der Waals surface area (Å²) in [5.74, 6) is 0.931. The molecule has 0 N–H and O–H groups in total. The molecule has 0 bridgehead atoms. The van der Waals surface area contributed by atoms with Crippen LogP contribution in [-0.4, -0.2) is 62.2 Å². The first kappa shape index (κ1) is 18.8. The number of nitrogens with zero attached hydrogens (tertiary/aromatic N) is 3. The Morgan fingerprint density at radius 3 is 2.44 bits per heavy atom. The number of benzene rings is 1. The molecule has 1 aromatic heterocycles. The molecule has 0 amide bonds. The topological polar surface area (TPSA) is 19.0 Å². The highest BCUT2D eigenvalue weighted by atomic mass is 32.1. The maximum atomic E-state index is 5.28. The van der Waals surface area contributed by atoms with Crippen LogP contribution in [0.5, 0.6) is 5.75 Å². The maximum absolute atomic E-state index is 5.28. The van der Waals surface area contributed by atoms with Gasteiger partial charge in [0, 0.05) is 60.8 Å². The van der Waals surface area contributed by atoms with E-state index in [1.165, 1.54) is 54.5 Å². The molecule has 2 aliphatic heterocycles. The lowest BCUT2D eigenvalue weighted by Gasteiger charge is -2.44. The van der Waals surface area contributed by atoms with Crippen LogP contribution >= 0.6 is 11.3 Å². The number of piperidine rings is 1. The third-order valence-corrected chi connectivity index (χ3v) is 6.91. The van der Waals surface area contributed by atoms with Crippen molar-refractivity contribution in [2.45, 2.75) is 32.4 Å². The van der Waals surface area contributed by atoms with Crippen molar-refractivity contribution in [3.63, 3.8) is 0 Å². The van der Waals surface area contributed by atoms with E-state index in [2.05, 4.69) is 58.0 Å². The lowest BCUT2D eigenvalue weighted by molar-refractivity contribution is 0.0893. The second-order valence-corrected chi connectivity index (χ2v) is 9.14.